The van der Waals surface area contributed by atoms with Gasteiger partial charge < -0.3 is 14.2 Å². The van der Waals surface area contributed by atoms with Crippen LogP contribution < -0.4 is 0 Å². The number of esters is 3. The molecule has 426 valence electrons. The fraction of sp³-hybridized carbons (Fsp3) is 0.836. The van der Waals surface area contributed by atoms with Crippen LogP contribution in [0.5, 0.6) is 0 Å². The Morgan fingerprint density at radius 2 is 0.493 bits per heavy atom. The largest absolute Gasteiger partial charge is 0.462 e. The Hall–Kier alpha value is -2.63. The molecule has 0 radical (unpaired) electrons. The van der Waals surface area contributed by atoms with Gasteiger partial charge in [-0.05, 0) is 83.5 Å². The first-order valence-corrected chi connectivity index (χ1v) is 32.1. The topological polar surface area (TPSA) is 78.9 Å². The third-order valence-electron chi connectivity index (χ3n) is 14.3. The van der Waals surface area contributed by atoms with Crippen LogP contribution in [0.1, 0.15) is 342 Å². The smallest absolute Gasteiger partial charge is 0.306 e. The Balaban J connectivity index is 4.33. The standard InChI is InChI=1S/C67H122O6/c1-4-7-10-13-16-19-22-25-28-30-32-33-34-35-36-38-39-42-45-48-51-54-57-60-66(69)72-63-64(62-71-65(68)59-56-53-50-47-44-41-27-24-21-18-15-12-9-6-3)73-67(70)61-58-55-52-49-46-43-40-37-31-29-26-23-20-17-14-11-8-5-2/h22,25,29-32,34-35,64H,4-21,23-24,26-28,33,36-63H2,1-3H3/b25-22-,31-29-,32-30-,35-34-. The summed E-state index contributed by atoms with van der Waals surface area (Å²) in [6.07, 6.45) is 76.8. The van der Waals surface area contributed by atoms with Crippen molar-refractivity contribution in [1.29, 1.82) is 0 Å². The van der Waals surface area contributed by atoms with Crippen molar-refractivity contribution in [3.05, 3.63) is 48.6 Å². The number of rotatable bonds is 59. The fourth-order valence-electron chi connectivity index (χ4n) is 9.45. The molecule has 6 nitrogen and oxygen atoms in total. The number of unbranched alkanes of at least 4 members (excludes halogenated alkanes) is 40. The van der Waals surface area contributed by atoms with Gasteiger partial charge in [-0.3, -0.25) is 14.4 Å². The highest BCUT2D eigenvalue weighted by Crippen LogP contribution is 2.17. The zero-order valence-electron chi connectivity index (χ0n) is 48.9. The molecule has 0 aliphatic carbocycles. The molecule has 0 N–H and O–H groups in total. The first kappa shape index (κ1) is 70.4. The zero-order chi connectivity index (χ0) is 52.9. The summed E-state index contributed by atoms with van der Waals surface area (Å²) in [6.45, 7) is 6.67. The van der Waals surface area contributed by atoms with Gasteiger partial charge in [0, 0.05) is 19.3 Å². The minimum Gasteiger partial charge on any atom is -0.462 e. The molecule has 0 bridgehead atoms. The van der Waals surface area contributed by atoms with Gasteiger partial charge in [-0.15, -0.1) is 0 Å². The Bertz CT molecular complexity index is 1270. The van der Waals surface area contributed by atoms with Crippen LogP contribution in [0.2, 0.25) is 0 Å². The van der Waals surface area contributed by atoms with Crippen molar-refractivity contribution in [1.82, 2.24) is 0 Å². The Morgan fingerprint density at radius 3 is 0.781 bits per heavy atom. The number of carbonyl (C=O) groups excluding carboxylic acids is 3. The lowest BCUT2D eigenvalue weighted by molar-refractivity contribution is -0.167. The lowest BCUT2D eigenvalue weighted by Gasteiger charge is -2.18. The van der Waals surface area contributed by atoms with Crippen molar-refractivity contribution >= 4 is 17.9 Å². The molecule has 0 rings (SSSR count). The molecular weight excluding hydrogens is 901 g/mol. The van der Waals surface area contributed by atoms with Gasteiger partial charge in [0.25, 0.3) is 0 Å². The van der Waals surface area contributed by atoms with E-state index in [1.54, 1.807) is 0 Å². The van der Waals surface area contributed by atoms with Gasteiger partial charge in [0.1, 0.15) is 13.2 Å². The van der Waals surface area contributed by atoms with Gasteiger partial charge in [0.15, 0.2) is 6.10 Å². The zero-order valence-corrected chi connectivity index (χ0v) is 48.9. The Morgan fingerprint density at radius 1 is 0.274 bits per heavy atom. The molecule has 1 unspecified atom stereocenters. The van der Waals surface area contributed by atoms with Crippen LogP contribution in [0.3, 0.4) is 0 Å². The normalized spacial score (nSPS) is 12.3. The van der Waals surface area contributed by atoms with E-state index in [-0.39, 0.29) is 31.1 Å². The number of allylic oxidation sites excluding steroid dienone is 8. The van der Waals surface area contributed by atoms with Crippen LogP contribution in [-0.4, -0.2) is 37.2 Å². The number of hydrogen-bond donors (Lipinski definition) is 0. The van der Waals surface area contributed by atoms with E-state index >= 15 is 0 Å². The number of ether oxygens (including phenoxy) is 3. The molecule has 0 saturated carbocycles. The summed E-state index contributed by atoms with van der Waals surface area (Å²) in [5.74, 6) is -0.865. The molecule has 0 aliphatic rings. The van der Waals surface area contributed by atoms with E-state index in [4.69, 9.17) is 14.2 Å². The van der Waals surface area contributed by atoms with E-state index < -0.39 is 6.10 Å². The predicted octanol–water partition coefficient (Wildman–Crippen LogP) is 21.8. The van der Waals surface area contributed by atoms with E-state index in [9.17, 15) is 14.4 Å². The first-order chi connectivity index (χ1) is 36.0. The van der Waals surface area contributed by atoms with Gasteiger partial charge >= 0.3 is 17.9 Å². The van der Waals surface area contributed by atoms with Crippen LogP contribution in [0.25, 0.3) is 0 Å². The maximum atomic E-state index is 12.9. The highest BCUT2D eigenvalue weighted by Gasteiger charge is 2.19. The molecule has 6 heteroatoms. The lowest BCUT2D eigenvalue weighted by Crippen LogP contribution is -2.30. The average Bonchev–Trinajstić information content (AvgIpc) is 3.39. The van der Waals surface area contributed by atoms with Crippen molar-refractivity contribution in [2.24, 2.45) is 0 Å². The average molecular weight is 1020 g/mol. The molecule has 0 saturated heterocycles. The third-order valence-corrected chi connectivity index (χ3v) is 14.3. The molecule has 0 heterocycles. The molecular formula is C67H122O6. The van der Waals surface area contributed by atoms with Crippen molar-refractivity contribution in [3.8, 4) is 0 Å². The Kier molecular flexibility index (Phi) is 59.7. The van der Waals surface area contributed by atoms with Crippen LogP contribution in [0.4, 0.5) is 0 Å². The fourth-order valence-corrected chi connectivity index (χ4v) is 9.45. The van der Waals surface area contributed by atoms with Crippen LogP contribution in [-0.2, 0) is 28.6 Å². The monoisotopic (exact) mass is 1020 g/mol. The van der Waals surface area contributed by atoms with Crippen LogP contribution >= 0.6 is 0 Å². The number of hydrogen-bond acceptors (Lipinski definition) is 6. The summed E-state index contributed by atoms with van der Waals surface area (Å²) in [6, 6.07) is 0. The summed E-state index contributed by atoms with van der Waals surface area (Å²) in [5, 5.41) is 0. The van der Waals surface area contributed by atoms with E-state index in [0.717, 1.165) is 77.0 Å². The van der Waals surface area contributed by atoms with E-state index in [1.165, 1.54) is 225 Å². The summed E-state index contributed by atoms with van der Waals surface area (Å²) in [7, 11) is 0. The second kappa shape index (κ2) is 61.9. The molecule has 0 aliphatic heterocycles. The quantitative estimate of drug-likeness (QED) is 0.0261. The van der Waals surface area contributed by atoms with Crippen LogP contribution in [0, 0.1) is 0 Å². The molecule has 0 fully saturated rings. The van der Waals surface area contributed by atoms with Gasteiger partial charge in [0.2, 0.25) is 0 Å². The minimum atomic E-state index is -0.777. The van der Waals surface area contributed by atoms with E-state index in [0.29, 0.717) is 19.3 Å². The summed E-state index contributed by atoms with van der Waals surface area (Å²) < 4.78 is 16.9. The maximum Gasteiger partial charge on any atom is 0.306 e. The van der Waals surface area contributed by atoms with Crippen molar-refractivity contribution in [3.63, 3.8) is 0 Å². The first-order valence-electron chi connectivity index (χ1n) is 32.1. The van der Waals surface area contributed by atoms with Crippen LogP contribution in [0.15, 0.2) is 48.6 Å². The molecule has 0 spiro atoms. The van der Waals surface area contributed by atoms with Gasteiger partial charge in [-0.1, -0.05) is 288 Å². The molecule has 73 heavy (non-hydrogen) atoms. The molecule has 0 aromatic rings. The van der Waals surface area contributed by atoms with Crippen molar-refractivity contribution in [2.75, 3.05) is 13.2 Å². The minimum absolute atomic E-state index is 0.0736. The molecule has 0 aromatic heterocycles. The second-order valence-electron chi connectivity index (χ2n) is 21.7. The van der Waals surface area contributed by atoms with Crippen molar-refractivity contribution in [2.45, 2.75) is 348 Å². The molecule has 1 atom stereocenters. The summed E-state index contributed by atoms with van der Waals surface area (Å²) in [5.41, 5.74) is 0. The SMILES string of the molecule is CCCCCCC/C=C\C/C=C\C/C=C\CCCCCCCCCCC(=O)OCC(COC(=O)CCCCCCCCCCCCCCCC)OC(=O)CCCCCCCCC/C=C\CCCCCCCCC. The second-order valence-corrected chi connectivity index (χ2v) is 21.7. The Labute approximate surface area is 454 Å². The van der Waals surface area contributed by atoms with Crippen molar-refractivity contribution < 1.29 is 28.6 Å². The highest BCUT2D eigenvalue weighted by atomic mass is 16.6. The van der Waals surface area contributed by atoms with Gasteiger partial charge in [-0.2, -0.15) is 0 Å². The predicted molar refractivity (Wildman–Crippen MR) is 316 cm³/mol. The maximum absolute atomic E-state index is 12.9. The third kappa shape index (κ3) is 60.1. The van der Waals surface area contributed by atoms with Gasteiger partial charge in [0.05, 0.1) is 0 Å². The highest BCUT2D eigenvalue weighted by molar-refractivity contribution is 5.71. The summed E-state index contributed by atoms with van der Waals surface area (Å²) >= 11 is 0. The molecule has 0 aromatic carbocycles. The van der Waals surface area contributed by atoms with Gasteiger partial charge in [-0.25, -0.2) is 0 Å². The van der Waals surface area contributed by atoms with E-state index in [2.05, 4.69) is 69.4 Å². The van der Waals surface area contributed by atoms with E-state index in [1.807, 2.05) is 0 Å². The molecule has 0 amide bonds. The summed E-state index contributed by atoms with van der Waals surface area (Å²) in [4.78, 5) is 38.3. The lowest BCUT2D eigenvalue weighted by atomic mass is 10.0. The number of carbonyl (C=O) groups is 3.